The maximum absolute atomic E-state index is 13.3. The molecule has 0 radical (unpaired) electrons. The second kappa shape index (κ2) is 52.5. The average molecular weight is 1150 g/mol. The van der Waals surface area contributed by atoms with E-state index in [1.165, 1.54) is 193 Å². The zero-order valence-electron chi connectivity index (χ0n) is 51.5. The molecule has 14 heteroatoms. The number of allylic oxidation sites excluding steroid dienone is 6. The molecule has 0 spiro atoms. The number of aliphatic hydroxyl groups is 8. The lowest BCUT2D eigenvalue weighted by Crippen LogP contribution is -2.65. The van der Waals surface area contributed by atoms with Crippen molar-refractivity contribution in [3.63, 3.8) is 0 Å². The van der Waals surface area contributed by atoms with Gasteiger partial charge in [-0.1, -0.05) is 269 Å². The third kappa shape index (κ3) is 37.4. The molecule has 0 aromatic heterocycles. The number of rotatable bonds is 55. The van der Waals surface area contributed by atoms with Gasteiger partial charge in [-0.25, -0.2) is 0 Å². The molecule has 1 amide bonds. The molecule has 2 saturated heterocycles. The summed E-state index contributed by atoms with van der Waals surface area (Å²) in [4.78, 5) is 13.3. The highest BCUT2D eigenvalue weighted by atomic mass is 16.7. The van der Waals surface area contributed by atoms with E-state index in [-0.39, 0.29) is 12.5 Å². The highest BCUT2D eigenvalue weighted by Gasteiger charge is 2.51. The fourth-order valence-corrected chi connectivity index (χ4v) is 11.2. The zero-order chi connectivity index (χ0) is 58.8. The molecule has 0 aliphatic carbocycles. The van der Waals surface area contributed by atoms with E-state index in [4.69, 9.17) is 18.9 Å². The highest BCUT2D eigenvalue weighted by Crippen LogP contribution is 2.30. The van der Waals surface area contributed by atoms with Crippen LogP contribution >= 0.6 is 0 Å². The van der Waals surface area contributed by atoms with Crippen molar-refractivity contribution >= 4 is 5.91 Å². The summed E-state index contributed by atoms with van der Waals surface area (Å²) in [6, 6.07) is -0.834. The number of carbonyl (C=O) groups is 1. The molecular weight excluding hydrogens is 1030 g/mol. The second-order valence-electron chi connectivity index (χ2n) is 24.0. The molecule has 0 aromatic carbocycles. The van der Waals surface area contributed by atoms with E-state index in [0.29, 0.717) is 19.3 Å². The molecule has 0 saturated carbocycles. The number of hydrogen-bond donors (Lipinski definition) is 9. The largest absolute Gasteiger partial charge is 0.394 e. The van der Waals surface area contributed by atoms with Crippen LogP contribution < -0.4 is 5.32 Å². The van der Waals surface area contributed by atoms with Gasteiger partial charge in [0.2, 0.25) is 5.91 Å². The van der Waals surface area contributed by atoms with E-state index in [9.17, 15) is 45.6 Å². The summed E-state index contributed by atoms with van der Waals surface area (Å²) in [5.41, 5.74) is 0. The highest BCUT2D eigenvalue weighted by molar-refractivity contribution is 5.76. The number of aliphatic hydroxyl groups excluding tert-OH is 8. The van der Waals surface area contributed by atoms with E-state index >= 15 is 0 Å². The van der Waals surface area contributed by atoms with Gasteiger partial charge >= 0.3 is 0 Å². The minimum Gasteiger partial charge on any atom is -0.394 e. The first kappa shape index (κ1) is 75.3. The number of nitrogens with one attached hydrogen (secondary N) is 1. The number of ether oxygens (including phenoxy) is 4. The lowest BCUT2D eigenvalue weighted by atomic mass is 9.97. The molecule has 2 aliphatic rings. The van der Waals surface area contributed by atoms with Crippen molar-refractivity contribution < 1.29 is 64.6 Å². The first-order valence-corrected chi connectivity index (χ1v) is 33.7. The Labute approximate surface area is 493 Å². The second-order valence-corrected chi connectivity index (χ2v) is 24.0. The van der Waals surface area contributed by atoms with E-state index in [1.54, 1.807) is 0 Å². The van der Waals surface area contributed by atoms with Gasteiger partial charge in [-0.2, -0.15) is 0 Å². The third-order valence-electron chi connectivity index (χ3n) is 16.6. The molecule has 0 bridgehead atoms. The van der Waals surface area contributed by atoms with E-state index in [0.717, 1.165) is 64.2 Å². The van der Waals surface area contributed by atoms with Crippen LogP contribution in [0.3, 0.4) is 0 Å². The summed E-state index contributed by atoms with van der Waals surface area (Å²) in [7, 11) is 0. The topological polar surface area (TPSA) is 228 Å². The molecule has 2 aliphatic heterocycles. The van der Waals surface area contributed by atoms with Gasteiger partial charge in [0, 0.05) is 6.42 Å². The predicted molar refractivity (Wildman–Crippen MR) is 328 cm³/mol. The van der Waals surface area contributed by atoms with Crippen molar-refractivity contribution in [3.8, 4) is 0 Å². The van der Waals surface area contributed by atoms with Crippen LogP contribution in [0.15, 0.2) is 36.5 Å². The van der Waals surface area contributed by atoms with Crippen LogP contribution in [-0.2, 0) is 23.7 Å². The van der Waals surface area contributed by atoms with Gasteiger partial charge < -0.3 is 65.1 Å². The van der Waals surface area contributed by atoms with Gasteiger partial charge in [0.25, 0.3) is 0 Å². The van der Waals surface area contributed by atoms with Gasteiger partial charge in [-0.05, 0) is 51.4 Å². The van der Waals surface area contributed by atoms with Crippen LogP contribution in [0.5, 0.6) is 0 Å². The van der Waals surface area contributed by atoms with E-state index < -0.39 is 86.8 Å². The first-order valence-electron chi connectivity index (χ1n) is 33.7. The quantitative estimate of drug-likeness (QED) is 0.0204. The van der Waals surface area contributed by atoms with Gasteiger partial charge in [0.1, 0.15) is 48.8 Å². The Balaban J connectivity index is 1.70. The summed E-state index contributed by atoms with van der Waals surface area (Å²) in [6.45, 7) is 2.88. The summed E-state index contributed by atoms with van der Waals surface area (Å²) in [5.74, 6) is -0.211. The van der Waals surface area contributed by atoms with Crippen molar-refractivity contribution in [2.24, 2.45) is 0 Å². The SMILES string of the molecule is CCCCCCC/C=C\C/C=C\C/C=C\CCCCCCCCCCC(=O)NC(COC1OC(CO)C(OC2OC(CO)C(O)C(O)C2O)C(O)C1O)C(O)CCCCCCCCCCCCCCCCCCCCCCCCCC. The molecule has 2 heterocycles. The lowest BCUT2D eigenvalue weighted by Gasteiger charge is -2.46. The zero-order valence-corrected chi connectivity index (χ0v) is 51.5. The molecule has 14 nitrogen and oxygen atoms in total. The monoisotopic (exact) mass is 1150 g/mol. The molecule has 0 aromatic rings. The predicted octanol–water partition coefficient (Wildman–Crippen LogP) is 13.0. The Bertz CT molecular complexity index is 1500. The number of unbranched alkanes of at least 4 members (excludes halogenated alkanes) is 36. The van der Waals surface area contributed by atoms with Crippen LogP contribution in [0.2, 0.25) is 0 Å². The molecule has 9 N–H and O–H groups in total. The fraction of sp³-hybridized carbons (Fsp3) is 0.896. The lowest BCUT2D eigenvalue weighted by molar-refractivity contribution is -0.359. The Morgan fingerprint density at radius 2 is 0.815 bits per heavy atom. The van der Waals surface area contributed by atoms with E-state index in [2.05, 4.69) is 55.6 Å². The Hall–Kier alpha value is -1.79. The number of carbonyl (C=O) groups excluding carboxylic acids is 1. The van der Waals surface area contributed by atoms with Gasteiger partial charge in [0.05, 0.1) is 32.0 Å². The van der Waals surface area contributed by atoms with Gasteiger partial charge in [-0.15, -0.1) is 0 Å². The molecule has 12 unspecified atom stereocenters. The molecule has 2 rings (SSSR count). The minimum absolute atomic E-state index is 0.211. The van der Waals surface area contributed by atoms with Gasteiger partial charge in [-0.3, -0.25) is 4.79 Å². The average Bonchev–Trinajstić information content (AvgIpc) is 3.47. The van der Waals surface area contributed by atoms with Crippen LogP contribution in [-0.4, -0.2) is 140 Å². The van der Waals surface area contributed by atoms with Crippen molar-refractivity contribution in [2.45, 2.75) is 364 Å². The first-order chi connectivity index (χ1) is 39.6. The minimum atomic E-state index is -1.78. The summed E-state index contributed by atoms with van der Waals surface area (Å²) < 4.78 is 22.9. The van der Waals surface area contributed by atoms with Crippen LogP contribution in [0.4, 0.5) is 0 Å². The standard InChI is InChI=1S/C67H125NO13/c1-3-5-7-9-11-13-15-17-19-21-23-25-27-29-30-32-34-36-38-40-42-44-46-48-50-56(71)55(54-78-66-64(77)62(75)65(58(53-70)80-66)81-67-63(76)61(74)60(73)57(52-69)79-67)68-59(72)51-49-47-45-43-41-39-37-35-33-31-28-26-24-22-20-18-16-14-12-10-8-6-4-2/h16,18,22,24,28,31,55-58,60-67,69-71,73-77H,3-15,17,19-21,23,25-27,29-30,32-54H2,1-2H3,(H,68,72)/b18-16-,24-22-,31-28-. The number of hydrogen-bond acceptors (Lipinski definition) is 13. The fourth-order valence-electron chi connectivity index (χ4n) is 11.2. The van der Waals surface area contributed by atoms with Crippen molar-refractivity contribution in [3.05, 3.63) is 36.5 Å². The Morgan fingerprint density at radius 1 is 0.444 bits per heavy atom. The summed E-state index contributed by atoms with van der Waals surface area (Å²) in [5, 5.41) is 87.5. The molecule has 476 valence electrons. The van der Waals surface area contributed by atoms with Crippen molar-refractivity contribution in [2.75, 3.05) is 19.8 Å². The third-order valence-corrected chi connectivity index (χ3v) is 16.6. The van der Waals surface area contributed by atoms with Crippen LogP contribution in [0.1, 0.15) is 290 Å². The summed E-state index contributed by atoms with van der Waals surface area (Å²) >= 11 is 0. The molecule has 2 fully saturated rings. The summed E-state index contributed by atoms with van der Waals surface area (Å²) in [6.07, 6.45) is 48.6. The molecular formula is C67H125NO13. The van der Waals surface area contributed by atoms with Crippen LogP contribution in [0, 0.1) is 0 Å². The molecule has 12 atom stereocenters. The normalized spacial score (nSPS) is 24.3. The van der Waals surface area contributed by atoms with Crippen LogP contribution in [0.25, 0.3) is 0 Å². The molecule has 81 heavy (non-hydrogen) atoms. The van der Waals surface area contributed by atoms with Crippen molar-refractivity contribution in [1.82, 2.24) is 5.32 Å². The van der Waals surface area contributed by atoms with E-state index in [1.807, 2.05) is 0 Å². The maximum Gasteiger partial charge on any atom is 0.220 e. The Kier molecular flexibility index (Phi) is 48.8. The smallest absolute Gasteiger partial charge is 0.220 e. The maximum atomic E-state index is 13.3. The number of amides is 1. The van der Waals surface area contributed by atoms with Gasteiger partial charge in [0.15, 0.2) is 12.6 Å². The Morgan fingerprint density at radius 3 is 1.25 bits per heavy atom. The van der Waals surface area contributed by atoms with Crippen molar-refractivity contribution in [1.29, 1.82) is 0 Å².